The number of hydrogen-bond acceptors (Lipinski definition) is 4. The minimum atomic E-state index is -0.777. The maximum atomic E-state index is 13.0. The molecule has 4 amide bonds. The molecule has 0 spiro atoms. The fourth-order valence-electron chi connectivity index (χ4n) is 3.91. The molecule has 0 saturated carbocycles. The number of benzene rings is 2. The van der Waals surface area contributed by atoms with Crippen molar-refractivity contribution < 1.29 is 14.4 Å². The fraction of sp³-hybridized carbons (Fsp3) is 0.261. The molecule has 30 heavy (non-hydrogen) atoms. The van der Waals surface area contributed by atoms with Gasteiger partial charge in [-0.2, -0.15) is 0 Å². The van der Waals surface area contributed by atoms with E-state index in [4.69, 9.17) is 11.6 Å². The molecule has 0 radical (unpaired) electrons. The lowest BCUT2D eigenvalue weighted by molar-refractivity contribution is -0.122. The van der Waals surface area contributed by atoms with Crippen LogP contribution < -0.4 is 15.1 Å². The number of nitrogens with one attached hydrogen (secondary N) is 1. The molecular formula is C23H22ClN3O3. The number of amides is 4. The highest BCUT2D eigenvalue weighted by Crippen LogP contribution is 2.27. The normalized spacial score (nSPS) is 18.7. The minimum absolute atomic E-state index is 0.0883. The van der Waals surface area contributed by atoms with E-state index in [2.05, 4.69) is 10.2 Å². The van der Waals surface area contributed by atoms with Gasteiger partial charge in [0.05, 0.1) is 5.69 Å². The second-order valence-electron chi connectivity index (χ2n) is 7.53. The second-order valence-corrected chi connectivity index (χ2v) is 7.96. The van der Waals surface area contributed by atoms with Gasteiger partial charge in [-0.3, -0.25) is 14.9 Å². The van der Waals surface area contributed by atoms with Crippen LogP contribution in [0.15, 0.2) is 48.0 Å². The highest BCUT2D eigenvalue weighted by atomic mass is 35.5. The molecule has 1 N–H and O–H groups in total. The summed E-state index contributed by atoms with van der Waals surface area (Å²) >= 11 is 5.89. The van der Waals surface area contributed by atoms with Crippen molar-refractivity contribution in [3.8, 4) is 0 Å². The van der Waals surface area contributed by atoms with Crippen LogP contribution in [0.3, 0.4) is 0 Å². The fourth-order valence-corrected chi connectivity index (χ4v) is 4.03. The standard InChI is InChI=1S/C23H22ClN3O3/c1-15-13-16(5-10-20(15)26-11-3-2-4-12-26)14-19-21(28)25-23(30)27(22(19)29)18-8-6-17(24)7-9-18/h5-10,13-14H,2-4,11-12H2,1H3,(H,25,28,30)/b19-14+. The number of carbonyl (C=O) groups is 3. The van der Waals surface area contributed by atoms with Gasteiger partial charge in [-0.25, -0.2) is 9.69 Å². The quantitative estimate of drug-likeness (QED) is 0.590. The van der Waals surface area contributed by atoms with Gasteiger partial charge in [0.15, 0.2) is 0 Å². The van der Waals surface area contributed by atoms with Gasteiger partial charge in [0.25, 0.3) is 11.8 Å². The van der Waals surface area contributed by atoms with Crippen LogP contribution in [0.25, 0.3) is 6.08 Å². The van der Waals surface area contributed by atoms with E-state index >= 15 is 0 Å². The number of halogens is 1. The molecule has 0 atom stereocenters. The van der Waals surface area contributed by atoms with Crippen molar-refractivity contribution in [1.82, 2.24) is 5.32 Å². The number of hydrogen-bond donors (Lipinski definition) is 1. The van der Waals surface area contributed by atoms with E-state index in [9.17, 15) is 14.4 Å². The molecule has 0 aromatic heterocycles. The molecule has 2 aliphatic rings. The van der Waals surface area contributed by atoms with E-state index in [1.807, 2.05) is 25.1 Å². The first-order chi connectivity index (χ1) is 14.4. The number of carbonyl (C=O) groups excluding carboxylic acids is 3. The predicted octanol–water partition coefficient (Wildman–Crippen LogP) is 4.31. The lowest BCUT2D eigenvalue weighted by Gasteiger charge is -2.30. The first-order valence-corrected chi connectivity index (χ1v) is 10.3. The zero-order chi connectivity index (χ0) is 21.3. The summed E-state index contributed by atoms with van der Waals surface area (Å²) in [4.78, 5) is 40.9. The van der Waals surface area contributed by atoms with Crippen molar-refractivity contribution in [3.05, 3.63) is 64.2 Å². The second kappa shape index (κ2) is 8.32. The zero-order valence-electron chi connectivity index (χ0n) is 16.7. The molecule has 0 unspecified atom stereocenters. The summed E-state index contributed by atoms with van der Waals surface area (Å²) in [6.45, 7) is 4.11. The van der Waals surface area contributed by atoms with Crippen LogP contribution >= 0.6 is 11.6 Å². The maximum Gasteiger partial charge on any atom is 0.335 e. The molecule has 2 saturated heterocycles. The van der Waals surface area contributed by atoms with Crippen LogP contribution in [0.1, 0.15) is 30.4 Å². The number of rotatable bonds is 3. The third kappa shape index (κ3) is 3.96. The third-order valence-corrected chi connectivity index (χ3v) is 5.67. The Hall–Kier alpha value is -3.12. The van der Waals surface area contributed by atoms with Gasteiger partial charge in [-0.1, -0.05) is 17.7 Å². The number of urea groups is 1. The van der Waals surface area contributed by atoms with Gasteiger partial charge in [0.2, 0.25) is 0 Å². The van der Waals surface area contributed by atoms with Crippen molar-refractivity contribution in [3.63, 3.8) is 0 Å². The van der Waals surface area contributed by atoms with Crippen molar-refractivity contribution in [2.24, 2.45) is 0 Å². The molecule has 7 heteroatoms. The highest BCUT2D eigenvalue weighted by molar-refractivity contribution is 6.39. The average molecular weight is 424 g/mol. The van der Waals surface area contributed by atoms with E-state index in [-0.39, 0.29) is 5.57 Å². The van der Waals surface area contributed by atoms with Crippen LogP contribution in [0, 0.1) is 6.92 Å². The van der Waals surface area contributed by atoms with Gasteiger partial charge in [0, 0.05) is 23.8 Å². The Morgan fingerprint density at radius 3 is 2.33 bits per heavy atom. The van der Waals surface area contributed by atoms with Gasteiger partial charge in [-0.05, 0) is 79.8 Å². The summed E-state index contributed by atoms with van der Waals surface area (Å²) in [6, 6.07) is 11.4. The number of aryl methyl sites for hydroxylation is 1. The summed E-state index contributed by atoms with van der Waals surface area (Å²) in [6.07, 6.45) is 5.17. The smallest absolute Gasteiger partial charge is 0.335 e. The van der Waals surface area contributed by atoms with Crippen molar-refractivity contribution >= 4 is 46.9 Å². The monoisotopic (exact) mass is 423 g/mol. The third-order valence-electron chi connectivity index (χ3n) is 5.42. The topological polar surface area (TPSA) is 69.7 Å². The molecule has 2 aromatic carbocycles. The molecule has 0 bridgehead atoms. The number of nitrogens with zero attached hydrogens (tertiary/aromatic N) is 2. The molecule has 0 aliphatic carbocycles. The summed E-state index contributed by atoms with van der Waals surface area (Å²) in [5.74, 6) is -1.36. The van der Waals surface area contributed by atoms with Crippen LogP contribution in [0.5, 0.6) is 0 Å². The van der Waals surface area contributed by atoms with E-state index in [1.54, 1.807) is 24.3 Å². The van der Waals surface area contributed by atoms with Crippen LogP contribution in [0.4, 0.5) is 16.2 Å². The first kappa shape index (κ1) is 20.2. The zero-order valence-corrected chi connectivity index (χ0v) is 17.4. The molecule has 2 aromatic rings. The molecule has 2 heterocycles. The van der Waals surface area contributed by atoms with Crippen molar-refractivity contribution in [1.29, 1.82) is 0 Å². The maximum absolute atomic E-state index is 13.0. The van der Waals surface area contributed by atoms with Gasteiger partial charge in [-0.15, -0.1) is 0 Å². The summed E-state index contributed by atoms with van der Waals surface area (Å²) in [7, 11) is 0. The Morgan fingerprint density at radius 1 is 0.967 bits per heavy atom. The minimum Gasteiger partial charge on any atom is -0.371 e. The highest BCUT2D eigenvalue weighted by Gasteiger charge is 2.36. The predicted molar refractivity (Wildman–Crippen MR) is 118 cm³/mol. The summed E-state index contributed by atoms with van der Waals surface area (Å²) in [5.41, 5.74) is 3.25. The van der Waals surface area contributed by atoms with Crippen LogP contribution in [-0.2, 0) is 9.59 Å². The Kier molecular flexibility index (Phi) is 5.59. The molecule has 6 nitrogen and oxygen atoms in total. The van der Waals surface area contributed by atoms with Crippen molar-refractivity contribution in [2.75, 3.05) is 22.9 Å². The lowest BCUT2D eigenvalue weighted by atomic mass is 10.0. The molecule has 2 fully saturated rings. The Balaban J connectivity index is 1.64. The first-order valence-electron chi connectivity index (χ1n) is 9.96. The Labute approximate surface area is 180 Å². The average Bonchev–Trinajstić information content (AvgIpc) is 2.73. The van der Waals surface area contributed by atoms with Gasteiger partial charge >= 0.3 is 6.03 Å². The van der Waals surface area contributed by atoms with Crippen LogP contribution in [0.2, 0.25) is 5.02 Å². The Bertz CT molecular complexity index is 1040. The molecule has 154 valence electrons. The van der Waals surface area contributed by atoms with Crippen molar-refractivity contribution in [2.45, 2.75) is 26.2 Å². The molecular weight excluding hydrogens is 402 g/mol. The largest absolute Gasteiger partial charge is 0.371 e. The summed E-state index contributed by atoms with van der Waals surface area (Å²) < 4.78 is 0. The SMILES string of the molecule is Cc1cc(/C=C2\C(=O)NC(=O)N(c3ccc(Cl)cc3)C2=O)ccc1N1CCCCC1. The number of imide groups is 2. The Morgan fingerprint density at radius 2 is 1.67 bits per heavy atom. The number of barbiturate groups is 1. The summed E-state index contributed by atoms with van der Waals surface area (Å²) in [5, 5.41) is 2.72. The number of anilines is 2. The number of piperidine rings is 1. The van der Waals surface area contributed by atoms with E-state index < -0.39 is 17.8 Å². The van der Waals surface area contributed by atoms with E-state index in [0.29, 0.717) is 10.7 Å². The lowest BCUT2D eigenvalue weighted by Crippen LogP contribution is -2.54. The van der Waals surface area contributed by atoms with Crippen LogP contribution in [-0.4, -0.2) is 30.9 Å². The van der Waals surface area contributed by atoms with Gasteiger partial charge in [0.1, 0.15) is 5.57 Å². The van der Waals surface area contributed by atoms with E-state index in [0.717, 1.165) is 29.1 Å². The van der Waals surface area contributed by atoms with E-state index in [1.165, 1.54) is 31.0 Å². The molecule has 4 rings (SSSR count). The molecule has 2 aliphatic heterocycles. The van der Waals surface area contributed by atoms with Gasteiger partial charge < -0.3 is 4.90 Å².